The molecule has 0 aliphatic carbocycles. The van der Waals surface area contributed by atoms with Crippen molar-refractivity contribution in [1.29, 1.82) is 0 Å². The molecule has 3 N–H and O–H groups in total. The van der Waals surface area contributed by atoms with Gasteiger partial charge in [-0.3, -0.25) is 9.59 Å². The lowest BCUT2D eigenvalue weighted by Gasteiger charge is -2.32. The first-order valence-corrected chi connectivity index (χ1v) is 13.8. The molecule has 1 aromatic heterocycles. The SMILES string of the molecule is COc1cc(C(=O)NC2CCN(C)CC2)ccc1Nc1ncc(C(C)=O)c(NCC(C)(C)SC(C)(C)C)n1. The van der Waals surface area contributed by atoms with Crippen molar-refractivity contribution in [3.8, 4) is 5.75 Å². The Hall–Kier alpha value is -2.85. The highest BCUT2D eigenvalue weighted by Gasteiger charge is 2.27. The van der Waals surface area contributed by atoms with Gasteiger partial charge in [-0.15, -0.1) is 11.8 Å². The van der Waals surface area contributed by atoms with E-state index in [-0.39, 0.29) is 27.2 Å². The quantitative estimate of drug-likeness (QED) is 0.358. The van der Waals surface area contributed by atoms with E-state index in [9.17, 15) is 9.59 Å². The number of likely N-dealkylation sites (tertiary alicyclic amines) is 1. The monoisotopic (exact) mass is 542 g/mol. The number of hydrogen-bond acceptors (Lipinski definition) is 9. The fraction of sp³-hybridized carbons (Fsp3) is 0.571. The number of carbonyl (C=O) groups is 2. The number of piperidine rings is 1. The number of anilines is 3. The molecule has 1 saturated heterocycles. The zero-order valence-corrected chi connectivity index (χ0v) is 24.7. The van der Waals surface area contributed by atoms with Crippen molar-refractivity contribution in [1.82, 2.24) is 20.2 Å². The van der Waals surface area contributed by atoms with Crippen LogP contribution in [0.25, 0.3) is 0 Å². The van der Waals surface area contributed by atoms with Crippen LogP contribution in [0.1, 0.15) is 75.1 Å². The van der Waals surface area contributed by atoms with E-state index in [1.54, 1.807) is 25.3 Å². The number of Topliss-reactive ketones (excluding diaryl/α,β-unsaturated/α-hetero) is 1. The number of carbonyl (C=O) groups excluding carboxylic acids is 2. The molecule has 1 aliphatic rings. The minimum Gasteiger partial charge on any atom is -0.495 e. The molecule has 1 aromatic carbocycles. The molecule has 1 aliphatic heterocycles. The average Bonchev–Trinajstić information content (AvgIpc) is 2.83. The van der Waals surface area contributed by atoms with Gasteiger partial charge < -0.3 is 25.6 Å². The van der Waals surface area contributed by atoms with Crippen LogP contribution in [0.4, 0.5) is 17.5 Å². The van der Waals surface area contributed by atoms with Crippen LogP contribution in [0.2, 0.25) is 0 Å². The molecule has 0 unspecified atom stereocenters. The highest BCUT2D eigenvalue weighted by molar-refractivity contribution is 8.01. The predicted molar refractivity (Wildman–Crippen MR) is 156 cm³/mol. The van der Waals surface area contributed by atoms with Gasteiger partial charge in [0.2, 0.25) is 5.95 Å². The molecule has 10 heteroatoms. The van der Waals surface area contributed by atoms with Crippen molar-refractivity contribution in [3.63, 3.8) is 0 Å². The number of methoxy groups -OCH3 is 1. The first kappa shape index (κ1) is 29.7. The van der Waals surface area contributed by atoms with Crippen LogP contribution >= 0.6 is 11.8 Å². The van der Waals surface area contributed by atoms with E-state index in [0.717, 1.165) is 25.9 Å². The molecule has 9 nitrogen and oxygen atoms in total. The van der Waals surface area contributed by atoms with Crippen LogP contribution < -0.4 is 20.7 Å². The number of ether oxygens (including phenoxy) is 1. The summed E-state index contributed by atoms with van der Waals surface area (Å²) in [5.74, 6) is 1.07. The average molecular weight is 543 g/mol. The number of nitrogens with one attached hydrogen (secondary N) is 3. The third kappa shape index (κ3) is 8.59. The lowest BCUT2D eigenvalue weighted by Crippen LogP contribution is -2.43. The van der Waals surface area contributed by atoms with Crippen LogP contribution in [0, 0.1) is 0 Å². The Morgan fingerprint density at radius 1 is 1.16 bits per heavy atom. The molecule has 38 heavy (non-hydrogen) atoms. The summed E-state index contributed by atoms with van der Waals surface area (Å²) in [6, 6.07) is 5.42. The Labute approximate surface area is 230 Å². The summed E-state index contributed by atoms with van der Waals surface area (Å²) in [5.41, 5.74) is 1.58. The third-order valence-corrected chi connectivity index (χ3v) is 7.51. The Kier molecular flexibility index (Phi) is 9.64. The topological polar surface area (TPSA) is 108 Å². The Bertz CT molecular complexity index is 1140. The number of benzene rings is 1. The summed E-state index contributed by atoms with van der Waals surface area (Å²) in [4.78, 5) is 36.3. The fourth-order valence-electron chi connectivity index (χ4n) is 4.47. The molecule has 0 atom stereocenters. The number of rotatable bonds is 10. The first-order valence-electron chi connectivity index (χ1n) is 13.0. The maximum atomic E-state index is 12.9. The van der Waals surface area contributed by atoms with E-state index in [1.807, 2.05) is 11.8 Å². The highest BCUT2D eigenvalue weighted by Crippen LogP contribution is 2.36. The van der Waals surface area contributed by atoms with Gasteiger partial charge in [0.1, 0.15) is 11.6 Å². The molecule has 3 rings (SSSR count). The minimum absolute atomic E-state index is 0.0853. The number of ketones is 1. The van der Waals surface area contributed by atoms with E-state index in [4.69, 9.17) is 4.74 Å². The van der Waals surface area contributed by atoms with Crippen molar-refractivity contribution in [2.75, 3.05) is 44.4 Å². The van der Waals surface area contributed by atoms with Gasteiger partial charge in [0.25, 0.3) is 5.91 Å². The Balaban J connectivity index is 1.75. The summed E-state index contributed by atoms with van der Waals surface area (Å²) >= 11 is 1.86. The lowest BCUT2D eigenvalue weighted by molar-refractivity contribution is 0.0916. The van der Waals surface area contributed by atoms with Crippen LogP contribution in [0.5, 0.6) is 5.75 Å². The summed E-state index contributed by atoms with van der Waals surface area (Å²) in [6.45, 7) is 15.0. The molecule has 1 fully saturated rings. The third-order valence-electron chi connectivity index (χ3n) is 6.20. The van der Waals surface area contributed by atoms with Crippen LogP contribution in [-0.4, -0.2) is 75.9 Å². The molecule has 0 saturated carbocycles. The molecular weight excluding hydrogens is 500 g/mol. The second-order valence-electron chi connectivity index (χ2n) is 11.4. The first-order chi connectivity index (χ1) is 17.8. The maximum Gasteiger partial charge on any atom is 0.251 e. The molecule has 0 bridgehead atoms. The Morgan fingerprint density at radius 2 is 1.84 bits per heavy atom. The number of thioether (sulfide) groups is 1. The van der Waals surface area contributed by atoms with Gasteiger partial charge in [-0.25, -0.2) is 4.98 Å². The molecule has 208 valence electrons. The van der Waals surface area contributed by atoms with Crippen LogP contribution in [0.15, 0.2) is 24.4 Å². The fourth-order valence-corrected chi connectivity index (χ4v) is 6.28. The lowest BCUT2D eigenvalue weighted by atomic mass is 10.0. The van der Waals surface area contributed by atoms with Gasteiger partial charge in [0, 0.05) is 33.8 Å². The van der Waals surface area contributed by atoms with Crippen molar-refractivity contribution >= 4 is 40.9 Å². The molecule has 0 spiro atoms. The maximum absolute atomic E-state index is 12.9. The Morgan fingerprint density at radius 3 is 2.45 bits per heavy atom. The van der Waals surface area contributed by atoms with Crippen LogP contribution in [-0.2, 0) is 0 Å². The number of amides is 1. The second-order valence-corrected chi connectivity index (χ2v) is 14.0. The summed E-state index contributed by atoms with van der Waals surface area (Å²) < 4.78 is 5.58. The zero-order valence-electron chi connectivity index (χ0n) is 23.9. The predicted octanol–water partition coefficient (Wildman–Crippen LogP) is 4.98. The summed E-state index contributed by atoms with van der Waals surface area (Å²) in [6.07, 6.45) is 3.41. The van der Waals surface area contributed by atoms with Crippen LogP contribution in [0.3, 0.4) is 0 Å². The number of hydrogen-bond donors (Lipinski definition) is 3. The molecule has 2 heterocycles. The highest BCUT2D eigenvalue weighted by atomic mass is 32.2. The largest absolute Gasteiger partial charge is 0.495 e. The van der Waals surface area contributed by atoms with E-state index in [1.165, 1.54) is 13.1 Å². The van der Waals surface area contributed by atoms with Gasteiger partial charge in [-0.1, -0.05) is 20.8 Å². The second kappa shape index (κ2) is 12.3. The van der Waals surface area contributed by atoms with Crippen molar-refractivity contribution in [2.45, 2.75) is 69.9 Å². The normalized spacial score (nSPS) is 15.2. The van der Waals surface area contributed by atoms with E-state index in [2.05, 4.69) is 72.5 Å². The van der Waals surface area contributed by atoms with E-state index >= 15 is 0 Å². The summed E-state index contributed by atoms with van der Waals surface area (Å²) in [5, 5.41) is 9.67. The standard InChI is InChI=1S/C28H42N6O3S/c1-18(35)21-16-29-26(33-24(21)30-17-28(5,6)38-27(2,3)4)32-22-10-9-19(15-23(22)37-8)25(36)31-20-11-13-34(7)14-12-20/h9-10,15-16,20H,11-14,17H2,1-8H3,(H,31,36)(H2,29,30,32,33). The zero-order chi connectivity index (χ0) is 28.1. The molecule has 1 amide bonds. The minimum atomic E-state index is -0.117. The van der Waals surface area contributed by atoms with Crippen molar-refractivity contribution < 1.29 is 14.3 Å². The van der Waals surface area contributed by atoms with E-state index in [0.29, 0.717) is 40.9 Å². The van der Waals surface area contributed by atoms with Gasteiger partial charge in [0.15, 0.2) is 5.78 Å². The van der Waals surface area contributed by atoms with Crippen molar-refractivity contribution in [3.05, 3.63) is 35.5 Å². The van der Waals surface area contributed by atoms with Gasteiger partial charge in [-0.05, 0) is 71.9 Å². The van der Waals surface area contributed by atoms with Crippen molar-refractivity contribution in [2.24, 2.45) is 0 Å². The molecular formula is C28H42N6O3S. The van der Waals surface area contributed by atoms with Gasteiger partial charge in [-0.2, -0.15) is 4.98 Å². The number of aromatic nitrogens is 2. The van der Waals surface area contributed by atoms with Gasteiger partial charge >= 0.3 is 0 Å². The summed E-state index contributed by atoms with van der Waals surface area (Å²) in [7, 11) is 3.65. The molecule has 2 aromatic rings. The van der Waals surface area contributed by atoms with Gasteiger partial charge in [0.05, 0.1) is 18.4 Å². The van der Waals surface area contributed by atoms with E-state index < -0.39 is 0 Å². The molecule has 0 radical (unpaired) electrons. The number of nitrogens with zero attached hydrogens (tertiary/aromatic N) is 3. The smallest absolute Gasteiger partial charge is 0.251 e.